The second-order valence-electron chi connectivity index (χ2n) is 5.46. The van der Waals surface area contributed by atoms with Crippen LogP contribution >= 0.6 is 0 Å². The molecule has 2 aromatic rings. The summed E-state index contributed by atoms with van der Waals surface area (Å²) in [5.41, 5.74) is 2.23. The molecular formula is C18H17F2N3O2. The molecule has 1 heterocycles. The van der Waals surface area contributed by atoms with Gasteiger partial charge in [-0.15, -0.1) is 0 Å². The molecule has 0 atom stereocenters. The number of benzene rings is 2. The summed E-state index contributed by atoms with van der Waals surface area (Å²) in [4.78, 5) is 12.0. The van der Waals surface area contributed by atoms with Crippen LogP contribution in [0.3, 0.4) is 0 Å². The molecule has 3 rings (SSSR count). The number of carbonyl (C=O) groups excluding carboxylic acids is 1. The van der Waals surface area contributed by atoms with E-state index in [1.807, 2.05) is 0 Å². The van der Waals surface area contributed by atoms with Crippen LogP contribution in [0.25, 0.3) is 5.57 Å². The summed E-state index contributed by atoms with van der Waals surface area (Å²) >= 11 is 0. The van der Waals surface area contributed by atoms with Crippen LogP contribution in [0.2, 0.25) is 0 Å². The van der Waals surface area contributed by atoms with E-state index in [2.05, 4.69) is 16.0 Å². The van der Waals surface area contributed by atoms with E-state index in [0.29, 0.717) is 41.4 Å². The van der Waals surface area contributed by atoms with Crippen molar-refractivity contribution in [2.75, 3.05) is 36.2 Å². The Morgan fingerprint density at radius 3 is 2.80 bits per heavy atom. The molecule has 1 aliphatic rings. The number of anilines is 3. The number of carbonyl (C=O) groups is 1. The fraction of sp³-hybridized carbons (Fsp3) is 0.167. The Kier molecular flexibility index (Phi) is 4.95. The summed E-state index contributed by atoms with van der Waals surface area (Å²) in [5.74, 6) is -1.18. The molecule has 25 heavy (non-hydrogen) atoms. The Morgan fingerprint density at radius 2 is 2.04 bits per heavy atom. The van der Waals surface area contributed by atoms with E-state index >= 15 is 0 Å². The predicted octanol–water partition coefficient (Wildman–Crippen LogP) is 3.43. The lowest BCUT2D eigenvalue weighted by Gasteiger charge is -2.09. The largest absolute Gasteiger partial charge is 0.383 e. The molecule has 3 N–H and O–H groups in total. The number of hydrogen-bond donors (Lipinski definition) is 3. The van der Waals surface area contributed by atoms with Crippen molar-refractivity contribution in [3.05, 3.63) is 59.8 Å². The Labute approximate surface area is 143 Å². The molecule has 0 aliphatic carbocycles. The highest BCUT2D eigenvalue weighted by Gasteiger charge is 2.24. The zero-order valence-electron chi connectivity index (χ0n) is 13.5. The lowest BCUT2D eigenvalue weighted by Crippen LogP contribution is -2.09. The van der Waals surface area contributed by atoms with Crippen molar-refractivity contribution in [3.63, 3.8) is 0 Å². The van der Waals surface area contributed by atoms with Gasteiger partial charge in [-0.1, -0.05) is 0 Å². The normalized spacial score (nSPS) is 14.4. The number of ether oxygens (including phenoxy) is 1. The standard InChI is InChI=1S/C18H17F2N3O2/c1-25-7-6-21-16-5-3-12(9-15(16)20)22-10-14-13-4-2-11(19)8-17(13)23-18(14)24/h2-5,8-10,21-22H,6-7H2,1H3,(H,23,24). The van der Waals surface area contributed by atoms with Gasteiger partial charge in [0.05, 0.1) is 23.6 Å². The fourth-order valence-electron chi connectivity index (χ4n) is 2.50. The van der Waals surface area contributed by atoms with Gasteiger partial charge in [-0.25, -0.2) is 8.78 Å². The monoisotopic (exact) mass is 345 g/mol. The first kappa shape index (κ1) is 16.9. The smallest absolute Gasteiger partial charge is 0.257 e. The second-order valence-corrected chi connectivity index (χ2v) is 5.46. The van der Waals surface area contributed by atoms with E-state index < -0.39 is 11.6 Å². The highest BCUT2D eigenvalue weighted by molar-refractivity contribution is 6.31. The van der Waals surface area contributed by atoms with Gasteiger partial charge in [-0.05, 0) is 36.4 Å². The third kappa shape index (κ3) is 3.77. The fourth-order valence-corrected chi connectivity index (χ4v) is 2.50. The molecule has 0 fully saturated rings. The molecule has 0 radical (unpaired) electrons. The van der Waals surface area contributed by atoms with Crippen LogP contribution in [0.15, 0.2) is 42.6 Å². The van der Waals surface area contributed by atoms with Crippen molar-refractivity contribution in [1.82, 2.24) is 0 Å². The second kappa shape index (κ2) is 7.31. The molecule has 1 amide bonds. The Bertz CT molecular complexity index is 837. The number of hydrogen-bond acceptors (Lipinski definition) is 4. The average Bonchev–Trinajstić information content (AvgIpc) is 2.89. The molecular weight excluding hydrogens is 328 g/mol. The minimum Gasteiger partial charge on any atom is -0.383 e. The first-order chi connectivity index (χ1) is 12.1. The third-order valence-corrected chi connectivity index (χ3v) is 3.74. The Balaban J connectivity index is 1.74. The molecule has 130 valence electrons. The zero-order valence-corrected chi connectivity index (χ0v) is 13.5. The van der Waals surface area contributed by atoms with E-state index in [0.717, 1.165) is 0 Å². The third-order valence-electron chi connectivity index (χ3n) is 3.74. The van der Waals surface area contributed by atoms with Gasteiger partial charge >= 0.3 is 0 Å². The Hall–Kier alpha value is -2.93. The summed E-state index contributed by atoms with van der Waals surface area (Å²) < 4.78 is 32.2. The first-order valence-electron chi connectivity index (χ1n) is 7.69. The topological polar surface area (TPSA) is 62.4 Å². The molecule has 2 aromatic carbocycles. The van der Waals surface area contributed by atoms with Crippen LogP contribution in [0.5, 0.6) is 0 Å². The molecule has 0 saturated carbocycles. The van der Waals surface area contributed by atoms with Gasteiger partial charge in [-0.3, -0.25) is 4.79 Å². The molecule has 0 bridgehead atoms. The molecule has 1 aliphatic heterocycles. The van der Waals surface area contributed by atoms with Crippen molar-refractivity contribution in [2.45, 2.75) is 0 Å². The van der Waals surface area contributed by atoms with E-state index in [1.165, 1.54) is 30.5 Å². The summed E-state index contributed by atoms with van der Waals surface area (Å²) in [6.07, 6.45) is 1.48. The summed E-state index contributed by atoms with van der Waals surface area (Å²) in [6.45, 7) is 0.971. The van der Waals surface area contributed by atoms with E-state index in [1.54, 1.807) is 19.2 Å². The number of fused-ring (bicyclic) bond motifs is 1. The van der Waals surface area contributed by atoms with Crippen molar-refractivity contribution in [2.24, 2.45) is 0 Å². The van der Waals surface area contributed by atoms with Crippen LogP contribution in [-0.4, -0.2) is 26.2 Å². The SMILES string of the molecule is COCCNc1ccc(NC=C2C(=O)Nc3cc(F)ccc32)cc1F. The molecule has 7 heteroatoms. The van der Waals surface area contributed by atoms with Crippen molar-refractivity contribution < 1.29 is 18.3 Å². The number of amides is 1. The first-order valence-corrected chi connectivity index (χ1v) is 7.69. The van der Waals surface area contributed by atoms with Gasteiger partial charge in [0, 0.05) is 31.1 Å². The van der Waals surface area contributed by atoms with Gasteiger partial charge in [0.1, 0.15) is 11.6 Å². The highest BCUT2D eigenvalue weighted by Crippen LogP contribution is 2.32. The van der Waals surface area contributed by atoms with Gasteiger partial charge < -0.3 is 20.7 Å². The summed E-state index contributed by atoms with van der Waals surface area (Å²) in [5, 5.41) is 8.41. The van der Waals surface area contributed by atoms with Gasteiger partial charge in [0.25, 0.3) is 5.91 Å². The predicted molar refractivity (Wildman–Crippen MR) is 93.4 cm³/mol. The van der Waals surface area contributed by atoms with E-state index in [9.17, 15) is 13.6 Å². The number of methoxy groups -OCH3 is 1. The van der Waals surface area contributed by atoms with Gasteiger partial charge in [0.2, 0.25) is 0 Å². The van der Waals surface area contributed by atoms with E-state index in [-0.39, 0.29) is 5.91 Å². The van der Waals surface area contributed by atoms with Crippen LogP contribution in [-0.2, 0) is 9.53 Å². The van der Waals surface area contributed by atoms with Crippen LogP contribution in [0.4, 0.5) is 25.8 Å². The van der Waals surface area contributed by atoms with Gasteiger partial charge in [-0.2, -0.15) is 0 Å². The molecule has 0 aromatic heterocycles. The molecule has 0 unspecified atom stereocenters. The number of nitrogens with one attached hydrogen (secondary N) is 3. The zero-order chi connectivity index (χ0) is 17.8. The maximum Gasteiger partial charge on any atom is 0.257 e. The van der Waals surface area contributed by atoms with Crippen molar-refractivity contribution in [3.8, 4) is 0 Å². The quantitative estimate of drug-likeness (QED) is 0.554. The van der Waals surface area contributed by atoms with Crippen molar-refractivity contribution in [1.29, 1.82) is 0 Å². The van der Waals surface area contributed by atoms with Crippen LogP contribution < -0.4 is 16.0 Å². The van der Waals surface area contributed by atoms with E-state index in [4.69, 9.17) is 4.74 Å². The summed E-state index contributed by atoms with van der Waals surface area (Å²) in [6, 6.07) is 8.68. The lowest BCUT2D eigenvalue weighted by atomic mass is 10.1. The van der Waals surface area contributed by atoms with Gasteiger partial charge in [0.15, 0.2) is 0 Å². The average molecular weight is 345 g/mol. The summed E-state index contributed by atoms with van der Waals surface area (Å²) in [7, 11) is 1.57. The maximum absolute atomic E-state index is 14.1. The maximum atomic E-state index is 14.1. The lowest BCUT2D eigenvalue weighted by molar-refractivity contribution is -0.110. The molecule has 0 spiro atoms. The minimum atomic E-state index is -0.424. The Morgan fingerprint density at radius 1 is 1.20 bits per heavy atom. The number of halogens is 2. The highest BCUT2D eigenvalue weighted by atomic mass is 19.1. The number of rotatable bonds is 6. The molecule has 0 saturated heterocycles. The minimum absolute atomic E-state index is 0.341. The van der Waals surface area contributed by atoms with Crippen LogP contribution in [0, 0.1) is 11.6 Å². The van der Waals surface area contributed by atoms with Crippen LogP contribution in [0.1, 0.15) is 5.56 Å². The molecule has 5 nitrogen and oxygen atoms in total. The van der Waals surface area contributed by atoms with Crippen molar-refractivity contribution >= 4 is 28.5 Å².